The number of carbonyl (C=O) groups is 1. The Morgan fingerprint density at radius 3 is 1.82 bits per heavy atom. The summed E-state index contributed by atoms with van der Waals surface area (Å²) in [5.41, 5.74) is 1.65. The third kappa shape index (κ3) is 5.48. The van der Waals surface area contributed by atoms with Crippen molar-refractivity contribution in [1.82, 2.24) is 0 Å². The van der Waals surface area contributed by atoms with E-state index < -0.39 is 5.97 Å². The van der Waals surface area contributed by atoms with Crippen molar-refractivity contribution in [3.05, 3.63) is 104 Å². The van der Waals surface area contributed by atoms with Gasteiger partial charge in [-0.05, 0) is 59.0 Å². The minimum Gasteiger partial charge on any atom is -0.488 e. The first-order valence-electron chi connectivity index (χ1n) is 9.75. The number of ether oxygens (including phenoxy) is 2. The molecule has 168 valence electrons. The summed E-state index contributed by atoms with van der Waals surface area (Å²) < 4.78 is 11.9. The molecule has 0 saturated heterocycles. The van der Waals surface area contributed by atoms with Crippen LogP contribution in [0.15, 0.2) is 66.7 Å². The predicted molar refractivity (Wildman–Crippen MR) is 132 cm³/mol. The largest absolute Gasteiger partial charge is 0.488 e. The number of carboxylic acids is 1. The molecule has 0 radical (unpaired) electrons. The Balaban J connectivity index is 1.64. The summed E-state index contributed by atoms with van der Waals surface area (Å²) >= 11 is 24.1. The highest BCUT2D eigenvalue weighted by Gasteiger charge is 2.16. The van der Waals surface area contributed by atoms with E-state index in [4.69, 9.17) is 55.9 Å². The molecule has 8 heteroatoms. The zero-order valence-electron chi connectivity index (χ0n) is 16.9. The Morgan fingerprint density at radius 1 is 0.697 bits per heavy atom. The van der Waals surface area contributed by atoms with Gasteiger partial charge in [0.2, 0.25) is 0 Å². The van der Waals surface area contributed by atoms with Crippen LogP contribution >= 0.6 is 46.4 Å². The van der Waals surface area contributed by atoms with Crippen LogP contribution in [0.25, 0.3) is 10.8 Å². The van der Waals surface area contributed by atoms with Crippen LogP contribution in [0.4, 0.5) is 0 Å². The van der Waals surface area contributed by atoms with Crippen molar-refractivity contribution in [2.45, 2.75) is 13.2 Å². The molecular formula is C25H16Cl4O4. The highest BCUT2D eigenvalue weighted by Crippen LogP contribution is 2.34. The molecule has 4 nitrogen and oxygen atoms in total. The Labute approximate surface area is 210 Å². The van der Waals surface area contributed by atoms with E-state index in [-0.39, 0.29) is 24.5 Å². The number of halogens is 4. The molecule has 1 N–H and O–H groups in total. The van der Waals surface area contributed by atoms with Crippen LogP contribution in [0.3, 0.4) is 0 Å². The molecule has 0 aliphatic rings. The standard InChI is InChI=1S/C25H16Cl4O4/c26-19-6-4-14(8-21(19)28)12-32-23-3-1-2-16-10-18(25(30)31)24(11-17(16)23)33-13-15-5-7-20(27)22(29)9-15/h1-11H,12-13H2,(H,30,31). The smallest absolute Gasteiger partial charge is 0.339 e. The van der Waals surface area contributed by atoms with Crippen molar-refractivity contribution < 1.29 is 19.4 Å². The number of hydrogen-bond acceptors (Lipinski definition) is 3. The van der Waals surface area contributed by atoms with Gasteiger partial charge in [0, 0.05) is 5.39 Å². The van der Waals surface area contributed by atoms with E-state index >= 15 is 0 Å². The highest BCUT2D eigenvalue weighted by molar-refractivity contribution is 6.42. The maximum absolute atomic E-state index is 11.9. The van der Waals surface area contributed by atoms with Gasteiger partial charge in [0.15, 0.2) is 0 Å². The molecule has 0 aliphatic heterocycles. The molecule has 0 heterocycles. The summed E-state index contributed by atoms with van der Waals surface area (Å²) in [5.74, 6) is -0.301. The van der Waals surface area contributed by atoms with Crippen LogP contribution in [0, 0.1) is 0 Å². The van der Waals surface area contributed by atoms with Gasteiger partial charge in [-0.15, -0.1) is 0 Å². The Kier molecular flexibility index (Phi) is 7.20. The van der Waals surface area contributed by atoms with Crippen LogP contribution in [0.5, 0.6) is 11.5 Å². The molecule has 0 spiro atoms. The zero-order chi connectivity index (χ0) is 23.5. The first-order valence-corrected chi connectivity index (χ1v) is 11.3. The second-order valence-corrected chi connectivity index (χ2v) is 8.83. The molecule has 0 unspecified atom stereocenters. The van der Waals surface area contributed by atoms with Crippen LogP contribution < -0.4 is 9.47 Å². The van der Waals surface area contributed by atoms with Crippen LogP contribution in [0.2, 0.25) is 20.1 Å². The number of carboxylic acid groups (broad SMARTS) is 1. The summed E-state index contributed by atoms with van der Waals surface area (Å²) in [5, 5.41) is 12.9. The average molecular weight is 522 g/mol. The lowest BCUT2D eigenvalue weighted by molar-refractivity contribution is 0.0692. The summed E-state index contributed by atoms with van der Waals surface area (Å²) in [6.45, 7) is 0.380. The second kappa shape index (κ2) is 10.1. The van der Waals surface area contributed by atoms with E-state index in [0.29, 0.717) is 36.6 Å². The third-order valence-electron chi connectivity index (χ3n) is 4.93. The van der Waals surface area contributed by atoms with Crippen molar-refractivity contribution in [2.75, 3.05) is 0 Å². The van der Waals surface area contributed by atoms with E-state index in [0.717, 1.165) is 11.1 Å². The monoisotopic (exact) mass is 520 g/mol. The van der Waals surface area contributed by atoms with Gasteiger partial charge in [0.1, 0.15) is 30.3 Å². The fourth-order valence-corrected chi connectivity index (χ4v) is 3.91. The molecule has 0 bridgehead atoms. The van der Waals surface area contributed by atoms with E-state index in [1.807, 2.05) is 18.2 Å². The molecule has 4 aromatic carbocycles. The van der Waals surface area contributed by atoms with Gasteiger partial charge in [0.05, 0.1) is 20.1 Å². The fraction of sp³-hybridized carbons (Fsp3) is 0.0800. The average Bonchev–Trinajstić information content (AvgIpc) is 2.80. The minimum atomic E-state index is -1.09. The first-order chi connectivity index (χ1) is 15.8. The number of fused-ring (bicyclic) bond motifs is 1. The first kappa shape index (κ1) is 23.5. The summed E-state index contributed by atoms with van der Waals surface area (Å²) in [4.78, 5) is 11.9. The lowest BCUT2D eigenvalue weighted by Gasteiger charge is -2.14. The molecule has 0 aliphatic carbocycles. The van der Waals surface area contributed by atoms with Gasteiger partial charge in [-0.3, -0.25) is 0 Å². The molecule has 0 saturated carbocycles. The summed E-state index contributed by atoms with van der Waals surface area (Å²) in [7, 11) is 0. The van der Waals surface area contributed by atoms with Crippen molar-refractivity contribution in [3.8, 4) is 11.5 Å². The van der Waals surface area contributed by atoms with Gasteiger partial charge in [-0.1, -0.05) is 70.7 Å². The van der Waals surface area contributed by atoms with Crippen LogP contribution in [-0.2, 0) is 13.2 Å². The number of rotatable bonds is 7. The van der Waals surface area contributed by atoms with Crippen LogP contribution in [-0.4, -0.2) is 11.1 Å². The van der Waals surface area contributed by atoms with Crippen LogP contribution in [0.1, 0.15) is 21.5 Å². The number of aromatic carboxylic acids is 1. The SMILES string of the molecule is O=C(O)c1cc2cccc(OCc3ccc(Cl)c(Cl)c3)c2cc1OCc1ccc(Cl)c(Cl)c1. The Hall–Kier alpha value is -2.63. The van der Waals surface area contributed by atoms with Gasteiger partial charge in [-0.25, -0.2) is 4.79 Å². The fourth-order valence-electron chi connectivity index (χ4n) is 3.27. The molecule has 0 amide bonds. The van der Waals surface area contributed by atoms with E-state index in [9.17, 15) is 9.90 Å². The van der Waals surface area contributed by atoms with E-state index in [1.165, 1.54) is 0 Å². The normalized spacial score (nSPS) is 10.9. The van der Waals surface area contributed by atoms with Gasteiger partial charge >= 0.3 is 5.97 Å². The Morgan fingerprint density at radius 2 is 1.27 bits per heavy atom. The molecule has 0 aromatic heterocycles. The van der Waals surface area contributed by atoms with Gasteiger partial charge in [0.25, 0.3) is 0 Å². The summed E-state index contributed by atoms with van der Waals surface area (Å²) in [6.07, 6.45) is 0. The van der Waals surface area contributed by atoms with Crippen molar-refractivity contribution >= 4 is 63.1 Å². The van der Waals surface area contributed by atoms with Crippen molar-refractivity contribution in [3.63, 3.8) is 0 Å². The molecule has 0 fully saturated rings. The maximum Gasteiger partial charge on any atom is 0.339 e. The molecule has 4 rings (SSSR count). The second-order valence-electron chi connectivity index (χ2n) is 7.21. The predicted octanol–water partition coefficient (Wildman–Crippen LogP) is 8.31. The van der Waals surface area contributed by atoms with E-state index in [2.05, 4.69) is 0 Å². The minimum absolute atomic E-state index is 0.0455. The topological polar surface area (TPSA) is 55.8 Å². The van der Waals surface area contributed by atoms with E-state index in [1.54, 1.807) is 48.5 Å². The molecular weight excluding hydrogens is 506 g/mol. The maximum atomic E-state index is 11.9. The zero-order valence-corrected chi connectivity index (χ0v) is 20.0. The van der Waals surface area contributed by atoms with Crippen molar-refractivity contribution in [2.24, 2.45) is 0 Å². The lowest BCUT2D eigenvalue weighted by Crippen LogP contribution is -2.04. The van der Waals surface area contributed by atoms with Gasteiger partial charge < -0.3 is 14.6 Å². The quantitative estimate of drug-likeness (QED) is 0.265. The molecule has 4 aromatic rings. The summed E-state index contributed by atoms with van der Waals surface area (Å²) in [6, 6.07) is 19.0. The lowest BCUT2D eigenvalue weighted by atomic mass is 10.0. The molecule has 0 atom stereocenters. The highest BCUT2D eigenvalue weighted by atomic mass is 35.5. The van der Waals surface area contributed by atoms with Gasteiger partial charge in [-0.2, -0.15) is 0 Å². The van der Waals surface area contributed by atoms with Crippen molar-refractivity contribution in [1.29, 1.82) is 0 Å². The number of benzene rings is 4. The number of hydrogen-bond donors (Lipinski definition) is 1. The molecule has 33 heavy (non-hydrogen) atoms. The Bertz CT molecular complexity index is 1350. The third-order valence-corrected chi connectivity index (χ3v) is 6.41.